The Kier molecular flexibility index (Phi) is 7.03. The smallest absolute Gasteiger partial charge is 0.265 e. The van der Waals surface area contributed by atoms with Gasteiger partial charge in [0.25, 0.3) is 5.91 Å². The molecule has 31 heavy (non-hydrogen) atoms. The van der Waals surface area contributed by atoms with E-state index in [1.54, 1.807) is 19.1 Å². The van der Waals surface area contributed by atoms with Crippen LogP contribution in [0.1, 0.15) is 31.9 Å². The first-order chi connectivity index (χ1) is 14.6. The lowest BCUT2D eigenvalue weighted by Gasteiger charge is -2.34. The largest absolute Gasteiger partial charge is 0.481 e. The van der Waals surface area contributed by atoms with E-state index in [-0.39, 0.29) is 23.0 Å². The van der Waals surface area contributed by atoms with Gasteiger partial charge in [-0.05, 0) is 76.1 Å². The van der Waals surface area contributed by atoms with Crippen LogP contribution in [0.15, 0.2) is 47.4 Å². The lowest BCUT2D eigenvalue weighted by Crippen LogP contribution is -2.48. The van der Waals surface area contributed by atoms with Gasteiger partial charge in [-0.3, -0.25) is 4.79 Å². The molecule has 2 aromatic rings. The van der Waals surface area contributed by atoms with Crippen LogP contribution in [0.25, 0.3) is 0 Å². The van der Waals surface area contributed by atoms with Crippen LogP contribution in [0.2, 0.25) is 0 Å². The third kappa shape index (κ3) is 5.44. The van der Waals surface area contributed by atoms with Gasteiger partial charge < -0.3 is 14.8 Å². The van der Waals surface area contributed by atoms with Crippen LogP contribution in [0.5, 0.6) is 5.75 Å². The molecule has 1 aliphatic heterocycles. The summed E-state index contributed by atoms with van der Waals surface area (Å²) in [4.78, 5) is 12.7. The normalized spacial score (nSPS) is 20.8. The Hall–Kier alpha value is -2.42. The SMILES string of the molecule is Cc1cccc(O[C@@H](C)C(=O)Nc2ccc(S(=O)(=O)N3C[C@H](C)O[C@@H](C)C3)cc2)c1C. The molecule has 3 rings (SSSR count). The molecule has 1 aliphatic rings. The molecule has 168 valence electrons. The zero-order valence-electron chi connectivity index (χ0n) is 18.6. The molecule has 0 saturated carbocycles. The Morgan fingerprint density at radius 2 is 1.71 bits per heavy atom. The molecular formula is C23H30N2O5S. The van der Waals surface area contributed by atoms with Crippen molar-refractivity contribution in [2.75, 3.05) is 18.4 Å². The summed E-state index contributed by atoms with van der Waals surface area (Å²) >= 11 is 0. The number of benzene rings is 2. The minimum absolute atomic E-state index is 0.157. The third-order valence-electron chi connectivity index (χ3n) is 5.37. The summed E-state index contributed by atoms with van der Waals surface area (Å²) in [6, 6.07) is 11.9. The summed E-state index contributed by atoms with van der Waals surface area (Å²) in [6.07, 6.45) is -1.02. The van der Waals surface area contributed by atoms with Crippen LogP contribution < -0.4 is 10.1 Å². The molecule has 0 aliphatic carbocycles. The van der Waals surface area contributed by atoms with Crippen LogP contribution in [-0.2, 0) is 19.6 Å². The number of carbonyl (C=O) groups excluding carboxylic acids is 1. The Morgan fingerprint density at radius 1 is 1.10 bits per heavy atom. The molecule has 0 aromatic heterocycles. The molecule has 1 heterocycles. The molecule has 7 nitrogen and oxygen atoms in total. The minimum atomic E-state index is -3.62. The quantitative estimate of drug-likeness (QED) is 0.734. The standard InChI is InChI=1S/C23H30N2O5S/c1-15-7-6-8-22(18(15)4)30-19(5)23(26)24-20-9-11-21(12-10-20)31(27,28)25-13-16(2)29-17(3)14-25/h6-12,16-17,19H,13-14H2,1-5H3,(H,24,26)/t16-,17-,19-/m0/s1. The van der Waals surface area contributed by atoms with E-state index in [0.29, 0.717) is 24.5 Å². The predicted octanol–water partition coefficient (Wildman–Crippen LogP) is 3.51. The Labute approximate surface area is 184 Å². The lowest BCUT2D eigenvalue weighted by molar-refractivity contribution is -0.122. The number of sulfonamides is 1. The average Bonchev–Trinajstić information content (AvgIpc) is 2.71. The first-order valence-electron chi connectivity index (χ1n) is 10.4. The number of nitrogens with zero attached hydrogens (tertiary/aromatic N) is 1. The van der Waals surface area contributed by atoms with Crippen molar-refractivity contribution in [3.8, 4) is 5.75 Å². The Bertz CT molecular complexity index is 1030. The number of anilines is 1. The van der Waals surface area contributed by atoms with Gasteiger partial charge in [0.1, 0.15) is 5.75 Å². The number of amides is 1. The third-order valence-corrected chi connectivity index (χ3v) is 7.22. The highest BCUT2D eigenvalue weighted by Gasteiger charge is 2.32. The van der Waals surface area contributed by atoms with Gasteiger partial charge >= 0.3 is 0 Å². The summed E-state index contributed by atoms with van der Waals surface area (Å²) in [5, 5.41) is 2.78. The van der Waals surface area contributed by atoms with Crippen LogP contribution in [-0.4, -0.2) is 50.0 Å². The summed E-state index contributed by atoms with van der Waals surface area (Å²) in [5.74, 6) is 0.352. The van der Waals surface area contributed by atoms with E-state index in [2.05, 4.69) is 5.32 Å². The summed E-state index contributed by atoms with van der Waals surface area (Å²) in [5.41, 5.74) is 2.58. The van der Waals surface area contributed by atoms with Crippen molar-refractivity contribution in [1.29, 1.82) is 0 Å². The van der Waals surface area contributed by atoms with Crippen LogP contribution in [0, 0.1) is 13.8 Å². The lowest BCUT2D eigenvalue weighted by atomic mass is 10.1. The van der Waals surface area contributed by atoms with E-state index < -0.39 is 16.1 Å². The van der Waals surface area contributed by atoms with E-state index in [9.17, 15) is 13.2 Å². The number of nitrogens with one attached hydrogen (secondary N) is 1. The number of rotatable bonds is 6. The molecule has 0 unspecified atom stereocenters. The molecular weight excluding hydrogens is 416 g/mol. The molecule has 0 radical (unpaired) electrons. The van der Waals surface area contributed by atoms with Gasteiger partial charge in [-0.15, -0.1) is 0 Å². The number of aryl methyl sites for hydroxylation is 1. The first kappa shape index (κ1) is 23.2. The van der Waals surface area contributed by atoms with E-state index in [0.717, 1.165) is 11.1 Å². The van der Waals surface area contributed by atoms with E-state index in [4.69, 9.17) is 9.47 Å². The second-order valence-electron chi connectivity index (χ2n) is 8.05. The molecule has 8 heteroatoms. The zero-order chi connectivity index (χ0) is 22.8. The highest BCUT2D eigenvalue weighted by molar-refractivity contribution is 7.89. The summed E-state index contributed by atoms with van der Waals surface area (Å²) < 4.78 is 38.8. The van der Waals surface area contributed by atoms with Crippen molar-refractivity contribution in [2.24, 2.45) is 0 Å². The number of hydrogen-bond donors (Lipinski definition) is 1. The second kappa shape index (κ2) is 9.38. The highest BCUT2D eigenvalue weighted by Crippen LogP contribution is 2.24. The monoisotopic (exact) mass is 446 g/mol. The fourth-order valence-electron chi connectivity index (χ4n) is 3.53. The second-order valence-corrected chi connectivity index (χ2v) is 9.99. The fraction of sp³-hybridized carbons (Fsp3) is 0.435. The van der Waals surface area contributed by atoms with Crippen molar-refractivity contribution >= 4 is 21.6 Å². The highest BCUT2D eigenvalue weighted by atomic mass is 32.2. The van der Waals surface area contributed by atoms with Crippen molar-refractivity contribution in [3.63, 3.8) is 0 Å². The molecule has 1 saturated heterocycles. The van der Waals surface area contributed by atoms with Gasteiger partial charge in [-0.25, -0.2) is 8.42 Å². The molecule has 1 N–H and O–H groups in total. The van der Waals surface area contributed by atoms with E-state index in [1.807, 2.05) is 45.9 Å². The van der Waals surface area contributed by atoms with E-state index in [1.165, 1.54) is 16.4 Å². The number of ether oxygens (including phenoxy) is 2. The van der Waals surface area contributed by atoms with Crippen LogP contribution in [0.3, 0.4) is 0 Å². The molecule has 3 atom stereocenters. The Morgan fingerprint density at radius 3 is 2.32 bits per heavy atom. The fourth-order valence-corrected chi connectivity index (χ4v) is 5.12. The zero-order valence-corrected chi connectivity index (χ0v) is 19.4. The van der Waals surface area contributed by atoms with Gasteiger partial charge in [0, 0.05) is 18.8 Å². The van der Waals surface area contributed by atoms with Crippen LogP contribution >= 0.6 is 0 Å². The van der Waals surface area contributed by atoms with Gasteiger partial charge in [-0.1, -0.05) is 12.1 Å². The number of carbonyl (C=O) groups is 1. The summed E-state index contributed by atoms with van der Waals surface area (Å²) in [7, 11) is -3.62. The molecule has 0 bridgehead atoms. The molecule has 2 aromatic carbocycles. The predicted molar refractivity (Wildman–Crippen MR) is 120 cm³/mol. The maximum absolute atomic E-state index is 12.9. The molecule has 0 spiro atoms. The maximum Gasteiger partial charge on any atom is 0.265 e. The van der Waals surface area contributed by atoms with Crippen molar-refractivity contribution in [1.82, 2.24) is 4.31 Å². The Balaban J connectivity index is 1.66. The van der Waals surface area contributed by atoms with Gasteiger partial charge in [-0.2, -0.15) is 4.31 Å². The number of hydrogen-bond acceptors (Lipinski definition) is 5. The maximum atomic E-state index is 12.9. The van der Waals surface area contributed by atoms with Gasteiger partial charge in [0.15, 0.2) is 6.10 Å². The number of morpholine rings is 1. The molecule has 1 amide bonds. The van der Waals surface area contributed by atoms with E-state index >= 15 is 0 Å². The average molecular weight is 447 g/mol. The minimum Gasteiger partial charge on any atom is -0.481 e. The van der Waals surface area contributed by atoms with Crippen molar-refractivity contribution < 1.29 is 22.7 Å². The topological polar surface area (TPSA) is 84.9 Å². The van der Waals surface area contributed by atoms with Crippen molar-refractivity contribution in [2.45, 2.75) is 57.8 Å². The van der Waals surface area contributed by atoms with Gasteiger partial charge in [0.2, 0.25) is 10.0 Å². The van der Waals surface area contributed by atoms with Gasteiger partial charge in [0.05, 0.1) is 17.1 Å². The molecule has 1 fully saturated rings. The first-order valence-corrected chi connectivity index (χ1v) is 11.8. The summed E-state index contributed by atoms with van der Waals surface area (Å²) in [6.45, 7) is 9.97. The van der Waals surface area contributed by atoms with Crippen LogP contribution in [0.4, 0.5) is 5.69 Å². The van der Waals surface area contributed by atoms with Crippen molar-refractivity contribution in [3.05, 3.63) is 53.6 Å².